The number of allylic oxidation sites excluding steroid dienone is 2. The molecule has 0 saturated heterocycles. The zero-order valence-corrected chi connectivity index (χ0v) is 8.35. The van der Waals surface area contributed by atoms with E-state index in [-0.39, 0.29) is 18.9 Å². The molecule has 0 spiro atoms. The van der Waals surface area contributed by atoms with Gasteiger partial charge >= 0.3 is 18.9 Å². The Morgan fingerprint density at radius 1 is 1.33 bits per heavy atom. The standard InChI is InChI=1S/C11H15.Li/c1-7(2)6-11-8-4-3-5-9(11)10(8)11;/h6,8-9H,3-5H2,1-2H3;/q-1;+1. The molecular formula is C11H15Li. The molecule has 0 bridgehead atoms. The first-order valence-corrected chi connectivity index (χ1v) is 4.80. The van der Waals surface area contributed by atoms with Crippen LogP contribution in [0, 0.1) is 23.2 Å². The molecule has 3 saturated carbocycles. The smallest absolute Gasteiger partial charge is 0.306 e. The fraction of sp³-hybridized carbons (Fsp3) is 0.727. The van der Waals surface area contributed by atoms with Crippen molar-refractivity contribution in [2.75, 3.05) is 0 Å². The largest absolute Gasteiger partial charge is 1.00 e. The Labute approximate surface area is 87.0 Å². The topological polar surface area (TPSA) is 0 Å². The molecule has 0 aromatic carbocycles. The van der Waals surface area contributed by atoms with Gasteiger partial charge in [0.1, 0.15) is 0 Å². The molecule has 0 radical (unpaired) electrons. The summed E-state index contributed by atoms with van der Waals surface area (Å²) in [6.07, 6.45) is 7.03. The van der Waals surface area contributed by atoms with Crippen LogP contribution < -0.4 is 18.9 Å². The second-order valence-electron chi connectivity index (χ2n) is 4.65. The van der Waals surface area contributed by atoms with Crippen molar-refractivity contribution in [2.45, 2.75) is 33.1 Å². The zero-order chi connectivity index (χ0) is 7.64. The predicted octanol–water partition coefficient (Wildman–Crippen LogP) is -0.0390. The van der Waals surface area contributed by atoms with Crippen LogP contribution in [-0.2, 0) is 0 Å². The van der Waals surface area contributed by atoms with Crippen LogP contribution in [-0.4, -0.2) is 0 Å². The molecule has 0 aromatic heterocycles. The van der Waals surface area contributed by atoms with Gasteiger partial charge in [0.05, 0.1) is 0 Å². The van der Waals surface area contributed by atoms with Crippen molar-refractivity contribution >= 4 is 0 Å². The Hall–Kier alpha value is 0.337. The Morgan fingerprint density at radius 3 is 2.33 bits per heavy atom. The van der Waals surface area contributed by atoms with Gasteiger partial charge in [0.2, 0.25) is 0 Å². The monoisotopic (exact) mass is 154 g/mol. The summed E-state index contributed by atoms with van der Waals surface area (Å²) in [5.41, 5.74) is 2.23. The van der Waals surface area contributed by atoms with Crippen molar-refractivity contribution < 1.29 is 18.9 Å². The Kier molecular flexibility index (Phi) is 1.80. The third kappa shape index (κ3) is 0.811. The quantitative estimate of drug-likeness (QED) is 0.282. The molecule has 2 unspecified atom stereocenters. The van der Waals surface area contributed by atoms with Crippen molar-refractivity contribution in [3.8, 4) is 0 Å². The maximum atomic E-state index is 2.54. The van der Waals surface area contributed by atoms with Crippen LogP contribution in [0.15, 0.2) is 11.6 Å². The van der Waals surface area contributed by atoms with Gasteiger partial charge < -0.3 is 5.92 Å². The summed E-state index contributed by atoms with van der Waals surface area (Å²) in [4.78, 5) is 0. The van der Waals surface area contributed by atoms with Crippen LogP contribution in [0.4, 0.5) is 0 Å². The van der Waals surface area contributed by atoms with Gasteiger partial charge in [-0.25, -0.2) is 0 Å². The average Bonchev–Trinajstić information content (AvgIpc) is 2.78. The fourth-order valence-electron chi connectivity index (χ4n) is 3.38. The number of fused-ring (bicyclic) bond motifs is 2. The van der Waals surface area contributed by atoms with Crippen LogP contribution in [0.3, 0.4) is 0 Å². The average molecular weight is 154 g/mol. The first-order valence-electron chi connectivity index (χ1n) is 4.80. The Bertz CT molecular complexity index is 216. The van der Waals surface area contributed by atoms with Gasteiger partial charge in [0, 0.05) is 0 Å². The normalized spacial score (nSPS) is 47.2. The molecule has 0 N–H and O–H groups in total. The Morgan fingerprint density at radius 2 is 1.92 bits per heavy atom. The third-order valence-corrected chi connectivity index (χ3v) is 3.75. The minimum absolute atomic E-state index is 0. The summed E-state index contributed by atoms with van der Waals surface area (Å²) in [7, 11) is 0. The van der Waals surface area contributed by atoms with Gasteiger partial charge in [-0.05, 0) is 13.8 Å². The van der Waals surface area contributed by atoms with Gasteiger partial charge in [-0.1, -0.05) is 24.8 Å². The second-order valence-corrected chi connectivity index (χ2v) is 4.65. The van der Waals surface area contributed by atoms with Crippen molar-refractivity contribution in [3.05, 3.63) is 17.6 Å². The summed E-state index contributed by atoms with van der Waals surface area (Å²) in [5, 5.41) is 0. The van der Waals surface area contributed by atoms with E-state index < -0.39 is 0 Å². The van der Waals surface area contributed by atoms with E-state index in [2.05, 4.69) is 19.9 Å². The molecular weight excluding hydrogens is 139 g/mol. The SMILES string of the molecule is CC(C)=CC12[C-]3C1CCCC32.[Li+]. The molecule has 3 fully saturated rings. The summed E-state index contributed by atoms with van der Waals surface area (Å²) < 4.78 is 0. The van der Waals surface area contributed by atoms with Crippen molar-refractivity contribution in [1.29, 1.82) is 0 Å². The van der Waals surface area contributed by atoms with Crippen molar-refractivity contribution in [3.63, 3.8) is 0 Å². The van der Waals surface area contributed by atoms with Crippen molar-refractivity contribution in [1.82, 2.24) is 0 Å². The number of hydrogen-bond donors (Lipinski definition) is 0. The van der Waals surface area contributed by atoms with Crippen LogP contribution in [0.5, 0.6) is 0 Å². The maximum absolute atomic E-state index is 2.54. The Balaban J connectivity index is 0.000000563. The first-order chi connectivity index (χ1) is 5.27. The van der Waals surface area contributed by atoms with E-state index in [0.717, 1.165) is 11.8 Å². The van der Waals surface area contributed by atoms with Crippen LogP contribution in [0.1, 0.15) is 33.1 Å². The molecule has 12 heavy (non-hydrogen) atoms. The van der Waals surface area contributed by atoms with Gasteiger partial charge in [-0.3, -0.25) is 0 Å². The van der Waals surface area contributed by atoms with Gasteiger partial charge in [0.15, 0.2) is 0 Å². The fourth-order valence-corrected chi connectivity index (χ4v) is 3.38. The third-order valence-electron chi connectivity index (χ3n) is 3.75. The van der Waals surface area contributed by atoms with Gasteiger partial charge in [-0.15, -0.1) is 6.08 Å². The second kappa shape index (κ2) is 2.43. The maximum Gasteiger partial charge on any atom is 1.00 e. The van der Waals surface area contributed by atoms with Crippen molar-refractivity contribution in [2.24, 2.45) is 17.3 Å². The minimum Gasteiger partial charge on any atom is -0.306 e. The zero-order valence-electron chi connectivity index (χ0n) is 8.35. The van der Waals surface area contributed by atoms with Crippen LogP contribution in [0.25, 0.3) is 0 Å². The predicted molar refractivity (Wildman–Crippen MR) is 45.9 cm³/mol. The molecule has 0 aliphatic heterocycles. The number of hydrogen-bond acceptors (Lipinski definition) is 0. The molecule has 0 amide bonds. The molecule has 60 valence electrons. The molecule has 3 aliphatic carbocycles. The van der Waals surface area contributed by atoms with E-state index >= 15 is 0 Å². The van der Waals surface area contributed by atoms with Gasteiger partial charge in [-0.2, -0.15) is 17.3 Å². The van der Waals surface area contributed by atoms with Crippen LogP contribution in [0.2, 0.25) is 0 Å². The molecule has 0 aromatic rings. The van der Waals surface area contributed by atoms with E-state index in [1.165, 1.54) is 24.8 Å². The van der Waals surface area contributed by atoms with E-state index in [9.17, 15) is 0 Å². The summed E-state index contributed by atoms with van der Waals surface area (Å²) in [5.74, 6) is 4.03. The number of rotatable bonds is 1. The first kappa shape index (κ1) is 8.91. The molecule has 3 rings (SSSR count). The molecule has 0 heterocycles. The van der Waals surface area contributed by atoms with Gasteiger partial charge in [0.25, 0.3) is 0 Å². The minimum atomic E-state index is 0. The summed E-state index contributed by atoms with van der Waals surface area (Å²) in [6.45, 7) is 4.47. The van der Waals surface area contributed by atoms with E-state index in [1.54, 1.807) is 0 Å². The summed E-state index contributed by atoms with van der Waals surface area (Å²) >= 11 is 0. The van der Waals surface area contributed by atoms with Crippen LogP contribution >= 0.6 is 0 Å². The van der Waals surface area contributed by atoms with E-state index in [4.69, 9.17) is 0 Å². The molecule has 0 nitrogen and oxygen atoms in total. The van der Waals surface area contributed by atoms with E-state index in [0.29, 0.717) is 5.41 Å². The summed E-state index contributed by atoms with van der Waals surface area (Å²) in [6, 6.07) is 0. The molecule has 1 heteroatoms. The molecule has 3 aliphatic rings. The van der Waals surface area contributed by atoms with E-state index in [1.807, 2.05) is 5.92 Å². The molecule has 2 atom stereocenters.